The van der Waals surface area contributed by atoms with Gasteiger partial charge in [0.15, 0.2) is 0 Å². The molecule has 0 fully saturated rings. The molecular formula is C16H19NO2S. The van der Waals surface area contributed by atoms with Crippen molar-refractivity contribution in [2.45, 2.75) is 24.7 Å². The van der Waals surface area contributed by atoms with Crippen molar-refractivity contribution in [1.82, 2.24) is 4.72 Å². The van der Waals surface area contributed by atoms with Gasteiger partial charge >= 0.3 is 0 Å². The minimum atomic E-state index is -3.46. The fraction of sp³-hybridized carbons (Fsp3) is 0.250. The Morgan fingerprint density at radius 2 is 1.60 bits per heavy atom. The van der Waals surface area contributed by atoms with Crippen LogP contribution < -0.4 is 4.72 Å². The van der Waals surface area contributed by atoms with Crippen molar-refractivity contribution < 1.29 is 8.42 Å². The van der Waals surface area contributed by atoms with E-state index in [0.717, 1.165) is 24.0 Å². The van der Waals surface area contributed by atoms with Crippen LogP contribution in [0.15, 0.2) is 59.5 Å². The Bertz CT molecular complexity index is 651. The van der Waals surface area contributed by atoms with Crippen molar-refractivity contribution in [3.63, 3.8) is 0 Å². The van der Waals surface area contributed by atoms with Gasteiger partial charge in [-0.15, -0.1) is 0 Å². The number of benzene rings is 2. The average Bonchev–Trinajstić information content (AvgIpc) is 2.48. The summed E-state index contributed by atoms with van der Waals surface area (Å²) < 4.78 is 27.4. The number of hydrogen-bond donors (Lipinski definition) is 1. The normalized spacial score (nSPS) is 11.4. The first-order valence-corrected chi connectivity index (χ1v) is 8.27. The summed E-state index contributed by atoms with van der Waals surface area (Å²) in [6.45, 7) is 2.51. The van der Waals surface area contributed by atoms with Crippen LogP contribution in [-0.4, -0.2) is 15.0 Å². The zero-order valence-corrected chi connectivity index (χ0v) is 12.4. The van der Waals surface area contributed by atoms with E-state index < -0.39 is 10.0 Å². The predicted octanol–water partition coefficient (Wildman–Crippen LogP) is 3.43. The van der Waals surface area contributed by atoms with E-state index in [1.54, 1.807) is 12.1 Å². The highest BCUT2D eigenvalue weighted by Crippen LogP contribution is 2.26. The van der Waals surface area contributed by atoms with Crippen LogP contribution in [0, 0.1) is 0 Å². The molecule has 2 aromatic carbocycles. The topological polar surface area (TPSA) is 46.2 Å². The monoisotopic (exact) mass is 289 g/mol. The van der Waals surface area contributed by atoms with E-state index >= 15 is 0 Å². The number of unbranched alkanes of at least 4 members (excludes halogenated alkanes) is 1. The van der Waals surface area contributed by atoms with Crippen LogP contribution in [0.2, 0.25) is 0 Å². The highest BCUT2D eigenvalue weighted by molar-refractivity contribution is 7.89. The molecule has 0 aliphatic heterocycles. The van der Waals surface area contributed by atoms with Crippen molar-refractivity contribution in [2.24, 2.45) is 0 Å². The molecule has 3 nitrogen and oxygen atoms in total. The van der Waals surface area contributed by atoms with E-state index in [1.165, 1.54) is 0 Å². The third kappa shape index (κ3) is 3.46. The third-order valence-corrected chi connectivity index (χ3v) is 4.60. The van der Waals surface area contributed by atoms with Gasteiger partial charge in [0, 0.05) is 12.1 Å². The first-order valence-electron chi connectivity index (χ1n) is 6.79. The third-order valence-electron chi connectivity index (χ3n) is 3.08. The Labute approximate surface area is 120 Å². The lowest BCUT2D eigenvalue weighted by molar-refractivity contribution is 0.578. The zero-order chi connectivity index (χ0) is 14.4. The van der Waals surface area contributed by atoms with Gasteiger partial charge in [0.1, 0.15) is 0 Å². The smallest absolute Gasteiger partial charge is 0.211 e. The molecule has 20 heavy (non-hydrogen) atoms. The van der Waals surface area contributed by atoms with Gasteiger partial charge in [-0.3, -0.25) is 0 Å². The molecule has 0 heterocycles. The van der Waals surface area contributed by atoms with E-state index in [4.69, 9.17) is 0 Å². The van der Waals surface area contributed by atoms with Crippen LogP contribution in [-0.2, 0) is 10.0 Å². The molecule has 0 unspecified atom stereocenters. The van der Waals surface area contributed by atoms with Gasteiger partial charge in [0.2, 0.25) is 10.0 Å². The van der Waals surface area contributed by atoms with Crippen LogP contribution in [0.3, 0.4) is 0 Å². The van der Waals surface area contributed by atoms with Crippen molar-refractivity contribution in [2.75, 3.05) is 6.54 Å². The number of sulfonamides is 1. The van der Waals surface area contributed by atoms with Crippen molar-refractivity contribution in [3.8, 4) is 11.1 Å². The van der Waals surface area contributed by atoms with Crippen LogP contribution in [0.4, 0.5) is 0 Å². The second kappa shape index (κ2) is 6.68. The van der Waals surface area contributed by atoms with E-state index in [-0.39, 0.29) is 0 Å². The van der Waals surface area contributed by atoms with Crippen LogP contribution in [0.25, 0.3) is 11.1 Å². The molecule has 4 heteroatoms. The molecule has 0 aliphatic rings. The minimum absolute atomic E-state index is 0.335. The number of nitrogens with one attached hydrogen (secondary N) is 1. The van der Waals surface area contributed by atoms with E-state index in [0.29, 0.717) is 11.4 Å². The molecule has 0 amide bonds. The molecular weight excluding hydrogens is 270 g/mol. The average molecular weight is 289 g/mol. The molecule has 106 valence electrons. The Balaban J connectivity index is 2.38. The van der Waals surface area contributed by atoms with Crippen LogP contribution in [0.5, 0.6) is 0 Å². The summed E-state index contributed by atoms with van der Waals surface area (Å²) in [6.07, 6.45) is 1.80. The highest BCUT2D eigenvalue weighted by atomic mass is 32.2. The first-order chi connectivity index (χ1) is 9.65. The molecule has 0 aliphatic carbocycles. The fourth-order valence-corrected chi connectivity index (χ4v) is 3.32. The van der Waals surface area contributed by atoms with Crippen molar-refractivity contribution in [1.29, 1.82) is 0 Å². The van der Waals surface area contributed by atoms with Gasteiger partial charge in [-0.25, -0.2) is 13.1 Å². The zero-order valence-electron chi connectivity index (χ0n) is 11.5. The largest absolute Gasteiger partial charge is 0.241 e. The maximum Gasteiger partial charge on any atom is 0.241 e. The molecule has 0 aromatic heterocycles. The van der Waals surface area contributed by atoms with Crippen molar-refractivity contribution >= 4 is 10.0 Å². The lowest BCUT2D eigenvalue weighted by Crippen LogP contribution is -2.25. The second-order valence-corrected chi connectivity index (χ2v) is 6.35. The molecule has 0 atom stereocenters. The summed E-state index contributed by atoms with van der Waals surface area (Å²) in [5.74, 6) is 0. The summed E-state index contributed by atoms with van der Waals surface area (Å²) in [5.41, 5.74) is 1.64. The maximum atomic E-state index is 12.4. The molecule has 0 saturated heterocycles. The van der Waals surface area contributed by atoms with Gasteiger partial charge < -0.3 is 0 Å². The summed E-state index contributed by atoms with van der Waals surface area (Å²) in [5, 5.41) is 0. The Kier molecular flexibility index (Phi) is 4.93. The Morgan fingerprint density at radius 1 is 0.950 bits per heavy atom. The van der Waals surface area contributed by atoms with E-state index in [1.807, 2.05) is 49.4 Å². The molecule has 0 bridgehead atoms. The molecule has 0 spiro atoms. The number of hydrogen-bond acceptors (Lipinski definition) is 2. The molecule has 1 N–H and O–H groups in total. The van der Waals surface area contributed by atoms with Gasteiger partial charge in [0.05, 0.1) is 4.90 Å². The van der Waals surface area contributed by atoms with Crippen molar-refractivity contribution in [3.05, 3.63) is 54.6 Å². The number of rotatable bonds is 6. The molecule has 0 radical (unpaired) electrons. The standard InChI is InChI=1S/C16H19NO2S/c1-2-3-13-17-20(18,19)16-12-8-7-11-15(16)14-9-5-4-6-10-14/h4-12,17H,2-3,13H2,1H3. The predicted molar refractivity (Wildman–Crippen MR) is 82.0 cm³/mol. The highest BCUT2D eigenvalue weighted by Gasteiger charge is 2.17. The lowest BCUT2D eigenvalue weighted by atomic mass is 10.1. The quantitative estimate of drug-likeness (QED) is 0.828. The molecule has 2 aromatic rings. The van der Waals surface area contributed by atoms with E-state index in [2.05, 4.69) is 4.72 Å². The second-order valence-electron chi connectivity index (χ2n) is 4.61. The molecule has 2 rings (SSSR count). The van der Waals surface area contributed by atoms with Crippen LogP contribution >= 0.6 is 0 Å². The Hall–Kier alpha value is -1.65. The van der Waals surface area contributed by atoms with Gasteiger partial charge in [0.25, 0.3) is 0 Å². The fourth-order valence-electron chi connectivity index (χ4n) is 2.02. The van der Waals surface area contributed by atoms with Gasteiger partial charge in [-0.05, 0) is 18.1 Å². The van der Waals surface area contributed by atoms with Gasteiger partial charge in [-0.1, -0.05) is 61.9 Å². The lowest BCUT2D eigenvalue weighted by Gasteiger charge is -2.11. The van der Waals surface area contributed by atoms with Crippen LogP contribution in [0.1, 0.15) is 19.8 Å². The summed E-state index contributed by atoms with van der Waals surface area (Å²) >= 11 is 0. The minimum Gasteiger partial charge on any atom is -0.211 e. The first kappa shape index (κ1) is 14.8. The summed E-state index contributed by atoms with van der Waals surface area (Å²) in [4.78, 5) is 0.335. The summed E-state index contributed by atoms with van der Waals surface area (Å²) in [6, 6.07) is 16.7. The maximum absolute atomic E-state index is 12.4. The van der Waals surface area contributed by atoms with E-state index in [9.17, 15) is 8.42 Å². The molecule has 0 saturated carbocycles. The summed E-state index contributed by atoms with van der Waals surface area (Å²) in [7, 11) is -3.46. The SMILES string of the molecule is CCCCNS(=O)(=O)c1ccccc1-c1ccccc1. The Morgan fingerprint density at radius 3 is 2.30 bits per heavy atom. The van der Waals surface area contributed by atoms with Gasteiger partial charge in [-0.2, -0.15) is 0 Å².